The van der Waals surface area contributed by atoms with Crippen LogP contribution in [0.15, 0.2) is 36.5 Å². The van der Waals surface area contributed by atoms with Crippen molar-refractivity contribution in [2.75, 3.05) is 0 Å². The van der Waals surface area contributed by atoms with Crippen molar-refractivity contribution in [2.45, 2.75) is 32.2 Å². The van der Waals surface area contributed by atoms with E-state index in [2.05, 4.69) is 17.2 Å². The van der Waals surface area contributed by atoms with Gasteiger partial charge in [0.05, 0.1) is 23.6 Å². The van der Waals surface area contributed by atoms with Crippen LogP contribution in [0.25, 0.3) is 0 Å². The highest BCUT2D eigenvalue weighted by Gasteiger charge is 2.51. The number of rotatable bonds is 6. The first-order valence-corrected chi connectivity index (χ1v) is 8.24. The van der Waals surface area contributed by atoms with Crippen molar-refractivity contribution >= 4 is 11.9 Å². The molecule has 0 aliphatic heterocycles. The molecule has 1 heterocycles. The Labute approximate surface area is 135 Å². The highest BCUT2D eigenvalue weighted by atomic mass is 16.4. The third-order valence-electron chi connectivity index (χ3n) is 4.99. The molecule has 5 nitrogen and oxygen atoms in total. The van der Waals surface area contributed by atoms with Crippen molar-refractivity contribution in [1.82, 2.24) is 10.3 Å². The van der Waals surface area contributed by atoms with E-state index in [9.17, 15) is 14.7 Å². The number of carboxylic acid groups (broad SMARTS) is 1. The molecule has 1 saturated carbocycles. The third-order valence-corrected chi connectivity index (χ3v) is 4.99. The van der Waals surface area contributed by atoms with Gasteiger partial charge >= 0.3 is 5.97 Å². The topological polar surface area (TPSA) is 79.3 Å². The van der Waals surface area contributed by atoms with E-state index in [0.717, 1.165) is 25.0 Å². The first kappa shape index (κ1) is 15.7. The number of nitrogens with one attached hydrogen (secondary N) is 1. The smallest absolute Gasteiger partial charge is 0.307 e. The SMILES string of the molecule is CCCC(NC(=O)C1C2C=CC(C2)C1C(=O)O)c1ccccn1. The van der Waals surface area contributed by atoms with Gasteiger partial charge in [-0.25, -0.2) is 0 Å². The number of amides is 1. The molecule has 5 heteroatoms. The zero-order chi connectivity index (χ0) is 16.4. The average Bonchev–Trinajstić information content (AvgIpc) is 3.16. The van der Waals surface area contributed by atoms with E-state index in [1.54, 1.807) is 6.20 Å². The van der Waals surface area contributed by atoms with E-state index < -0.39 is 17.8 Å². The molecule has 0 aromatic carbocycles. The van der Waals surface area contributed by atoms with Gasteiger partial charge in [-0.05, 0) is 36.8 Å². The van der Waals surface area contributed by atoms with Gasteiger partial charge in [0.2, 0.25) is 5.91 Å². The summed E-state index contributed by atoms with van der Waals surface area (Å²) < 4.78 is 0. The molecule has 3 rings (SSSR count). The molecule has 0 radical (unpaired) electrons. The average molecular weight is 314 g/mol. The summed E-state index contributed by atoms with van der Waals surface area (Å²) in [6.45, 7) is 2.06. The van der Waals surface area contributed by atoms with Crippen LogP contribution in [0.1, 0.15) is 37.9 Å². The summed E-state index contributed by atoms with van der Waals surface area (Å²) in [7, 11) is 0. The van der Waals surface area contributed by atoms with Crippen LogP contribution in [0, 0.1) is 23.7 Å². The second-order valence-electron chi connectivity index (χ2n) is 6.44. The van der Waals surface area contributed by atoms with Gasteiger partial charge in [-0.15, -0.1) is 0 Å². The number of aromatic nitrogens is 1. The molecule has 1 aromatic rings. The summed E-state index contributed by atoms with van der Waals surface area (Å²) in [6.07, 6.45) is 8.15. The Bertz CT molecular complexity index is 614. The first-order chi connectivity index (χ1) is 11.1. The van der Waals surface area contributed by atoms with Crippen LogP contribution in [-0.4, -0.2) is 22.0 Å². The predicted octanol–water partition coefficient (Wildman–Crippen LogP) is 2.56. The van der Waals surface area contributed by atoms with E-state index in [1.807, 2.05) is 30.4 Å². The van der Waals surface area contributed by atoms with E-state index in [4.69, 9.17) is 0 Å². The van der Waals surface area contributed by atoms with Crippen LogP contribution in [-0.2, 0) is 9.59 Å². The lowest BCUT2D eigenvalue weighted by atomic mass is 9.82. The summed E-state index contributed by atoms with van der Waals surface area (Å²) >= 11 is 0. The predicted molar refractivity (Wildman–Crippen MR) is 85.4 cm³/mol. The monoisotopic (exact) mass is 314 g/mol. The molecule has 122 valence electrons. The molecule has 2 bridgehead atoms. The summed E-state index contributed by atoms with van der Waals surface area (Å²) in [5.41, 5.74) is 0.827. The molecule has 2 aliphatic carbocycles. The summed E-state index contributed by atoms with van der Waals surface area (Å²) in [5.74, 6) is -2.05. The third kappa shape index (κ3) is 3.00. The minimum atomic E-state index is -0.869. The fourth-order valence-electron chi connectivity index (χ4n) is 3.95. The van der Waals surface area contributed by atoms with Crippen molar-refractivity contribution in [3.63, 3.8) is 0 Å². The van der Waals surface area contributed by atoms with Crippen molar-refractivity contribution in [3.8, 4) is 0 Å². The molecule has 0 saturated heterocycles. The van der Waals surface area contributed by atoms with Crippen molar-refractivity contribution < 1.29 is 14.7 Å². The number of hydrogen-bond donors (Lipinski definition) is 2. The Morgan fingerprint density at radius 3 is 2.65 bits per heavy atom. The second-order valence-corrected chi connectivity index (χ2v) is 6.44. The number of pyridine rings is 1. The van der Waals surface area contributed by atoms with Crippen LogP contribution < -0.4 is 5.32 Å². The maximum Gasteiger partial charge on any atom is 0.307 e. The van der Waals surface area contributed by atoms with Crippen molar-refractivity contribution in [2.24, 2.45) is 23.7 Å². The van der Waals surface area contributed by atoms with Crippen LogP contribution in [0.5, 0.6) is 0 Å². The maximum absolute atomic E-state index is 12.8. The van der Waals surface area contributed by atoms with E-state index in [1.165, 1.54) is 0 Å². The van der Waals surface area contributed by atoms with Gasteiger partial charge in [0.1, 0.15) is 0 Å². The Kier molecular flexibility index (Phi) is 4.46. The second kappa shape index (κ2) is 6.52. The van der Waals surface area contributed by atoms with Gasteiger partial charge in [0, 0.05) is 6.20 Å². The minimum absolute atomic E-state index is 0.00674. The van der Waals surface area contributed by atoms with Crippen molar-refractivity contribution in [3.05, 3.63) is 42.2 Å². The van der Waals surface area contributed by atoms with Gasteiger partial charge in [-0.3, -0.25) is 14.6 Å². The maximum atomic E-state index is 12.8. The highest BCUT2D eigenvalue weighted by Crippen LogP contribution is 2.48. The molecular formula is C18H22N2O3. The van der Waals surface area contributed by atoms with Gasteiger partial charge in [0.25, 0.3) is 0 Å². The normalized spacial score (nSPS) is 29.4. The number of fused-ring (bicyclic) bond motifs is 2. The molecular weight excluding hydrogens is 292 g/mol. The zero-order valence-electron chi connectivity index (χ0n) is 13.2. The molecule has 23 heavy (non-hydrogen) atoms. The number of hydrogen-bond acceptors (Lipinski definition) is 3. The molecule has 5 unspecified atom stereocenters. The lowest BCUT2D eigenvalue weighted by molar-refractivity contribution is -0.148. The molecule has 0 spiro atoms. The van der Waals surface area contributed by atoms with E-state index in [0.29, 0.717) is 0 Å². The molecule has 5 atom stereocenters. The Morgan fingerprint density at radius 1 is 1.30 bits per heavy atom. The number of carbonyl (C=O) groups is 2. The van der Waals surface area contributed by atoms with Crippen LogP contribution in [0.2, 0.25) is 0 Å². The number of allylic oxidation sites excluding steroid dienone is 2. The molecule has 2 aliphatic rings. The Hall–Kier alpha value is -2.17. The summed E-state index contributed by atoms with van der Waals surface area (Å²) in [4.78, 5) is 28.7. The standard InChI is InChI=1S/C18H22N2O3/c1-2-5-14(13-6-3-4-9-19-13)20-17(21)15-11-7-8-12(10-11)16(15)18(22)23/h3-4,6-9,11-12,14-16H,2,5,10H2,1H3,(H,20,21)(H,22,23). The van der Waals surface area contributed by atoms with Gasteiger partial charge in [0.15, 0.2) is 0 Å². The van der Waals surface area contributed by atoms with Gasteiger partial charge in [-0.1, -0.05) is 31.6 Å². The molecule has 1 aromatic heterocycles. The minimum Gasteiger partial charge on any atom is -0.481 e. The fraction of sp³-hybridized carbons (Fsp3) is 0.500. The lowest BCUT2D eigenvalue weighted by Crippen LogP contribution is -2.41. The van der Waals surface area contributed by atoms with Gasteiger partial charge < -0.3 is 10.4 Å². The summed E-state index contributed by atoms with van der Waals surface area (Å²) in [5, 5.41) is 12.5. The zero-order valence-corrected chi connectivity index (χ0v) is 13.2. The molecule has 2 N–H and O–H groups in total. The van der Waals surface area contributed by atoms with E-state index in [-0.39, 0.29) is 23.8 Å². The fourth-order valence-corrected chi connectivity index (χ4v) is 3.95. The molecule has 1 fully saturated rings. The van der Waals surface area contributed by atoms with Crippen LogP contribution in [0.4, 0.5) is 0 Å². The number of carboxylic acids is 1. The quantitative estimate of drug-likeness (QED) is 0.791. The highest BCUT2D eigenvalue weighted by molar-refractivity contribution is 5.87. The number of nitrogens with zero attached hydrogens (tertiary/aromatic N) is 1. The van der Waals surface area contributed by atoms with Gasteiger partial charge in [-0.2, -0.15) is 0 Å². The summed E-state index contributed by atoms with van der Waals surface area (Å²) in [6, 6.07) is 5.48. The first-order valence-electron chi connectivity index (χ1n) is 8.24. The Balaban J connectivity index is 1.77. The number of carbonyl (C=O) groups excluding carboxylic acids is 1. The van der Waals surface area contributed by atoms with Crippen molar-refractivity contribution in [1.29, 1.82) is 0 Å². The van der Waals surface area contributed by atoms with Crippen LogP contribution in [0.3, 0.4) is 0 Å². The largest absolute Gasteiger partial charge is 0.481 e. The molecule has 1 amide bonds. The Morgan fingerprint density at radius 2 is 2.04 bits per heavy atom. The number of aliphatic carboxylic acids is 1. The van der Waals surface area contributed by atoms with E-state index >= 15 is 0 Å². The van der Waals surface area contributed by atoms with Crippen LogP contribution >= 0.6 is 0 Å². The lowest BCUT2D eigenvalue weighted by Gasteiger charge is -2.26.